The maximum absolute atomic E-state index is 11.9. The molecule has 1 atom stereocenters. The molecule has 0 saturated heterocycles. The standard InChI is InChI=1S/C20H25N3O3/c1-23-10-9-15-11-16(5-8-18(15)23)19(24)13-22-20(25)21-12-14-3-6-17(26-2)7-4-14/h3-8,11,19,24H,9-10,12-13H2,1-2H3,(H2,21,22,25). The first kappa shape index (κ1) is 18.1. The molecule has 1 aliphatic rings. The lowest BCUT2D eigenvalue weighted by molar-refractivity contribution is 0.173. The van der Waals surface area contributed by atoms with Crippen LogP contribution in [0.25, 0.3) is 0 Å². The van der Waals surface area contributed by atoms with E-state index in [0.29, 0.717) is 6.54 Å². The Balaban J connectivity index is 1.46. The summed E-state index contributed by atoms with van der Waals surface area (Å²) in [5.41, 5.74) is 4.26. The number of nitrogens with zero attached hydrogens (tertiary/aromatic N) is 1. The van der Waals surface area contributed by atoms with Gasteiger partial charge in [0.1, 0.15) is 5.75 Å². The molecule has 2 aromatic carbocycles. The molecule has 2 amide bonds. The number of benzene rings is 2. The molecule has 138 valence electrons. The van der Waals surface area contributed by atoms with Crippen LogP contribution in [0, 0.1) is 0 Å². The molecule has 0 radical (unpaired) electrons. The average Bonchev–Trinajstić information content (AvgIpc) is 3.05. The van der Waals surface area contributed by atoms with Crippen LogP contribution in [0.15, 0.2) is 42.5 Å². The van der Waals surface area contributed by atoms with Gasteiger partial charge in [0.2, 0.25) is 0 Å². The SMILES string of the molecule is COc1ccc(CNC(=O)NCC(O)c2ccc3c(c2)CCN3C)cc1. The van der Waals surface area contributed by atoms with Crippen LogP contribution in [0.1, 0.15) is 22.8 Å². The number of hydrogen-bond acceptors (Lipinski definition) is 4. The van der Waals surface area contributed by atoms with E-state index in [1.807, 2.05) is 42.5 Å². The van der Waals surface area contributed by atoms with Gasteiger partial charge in [-0.2, -0.15) is 0 Å². The largest absolute Gasteiger partial charge is 0.497 e. The van der Waals surface area contributed by atoms with Crippen molar-refractivity contribution >= 4 is 11.7 Å². The minimum absolute atomic E-state index is 0.170. The highest BCUT2D eigenvalue weighted by Gasteiger charge is 2.18. The number of ether oxygens (including phenoxy) is 1. The summed E-state index contributed by atoms with van der Waals surface area (Å²) in [6.45, 7) is 1.58. The molecule has 0 fully saturated rings. The van der Waals surface area contributed by atoms with Gasteiger partial charge in [0.25, 0.3) is 0 Å². The van der Waals surface area contributed by atoms with Gasteiger partial charge in [0, 0.05) is 32.4 Å². The van der Waals surface area contributed by atoms with Crippen LogP contribution in [-0.2, 0) is 13.0 Å². The quantitative estimate of drug-likeness (QED) is 0.743. The van der Waals surface area contributed by atoms with Gasteiger partial charge in [0.05, 0.1) is 13.2 Å². The number of aliphatic hydroxyl groups is 1. The monoisotopic (exact) mass is 355 g/mol. The third kappa shape index (κ3) is 4.26. The Morgan fingerprint density at radius 2 is 2.00 bits per heavy atom. The third-order valence-corrected chi connectivity index (χ3v) is 4.68. The van der Waals surface area contributed by atoms with E-state index < -0.39 is 6.10 Å². The Morgan fingerprint density at radius 1 is 1.23 bits per heavy atom. The second-order valence-electron chi connectivity index (χ2n) is 6.49. The van der Waals surface area contributed by atoms with E-state index in [0.717, 1.165) is 29.8 Å². The Bertz CT molecular complexity index is 761. The molecular weight excluding hydrogens is 330 g/mol. The maximum Gasteiger partial charge on any atom is 0.315 e. The predicted octanol–water partition coefficient (Wildman–Crippen LogP) is 2.22. The minimum atomic E-state index is -0.724. The second kappa shape index (κ2) is 8.10. The Labute approximate surface area is 153 Å². The fourth-order valence-corrected chi connectivity index (χ4v) is 3.09. The molecule has 3 rings (SSSR count). The zero-order valence-corrected chi connectivity index (χ0v) is 15.2. The van der Waals surface area contributed by atoms with Crippen LogP contribution in [0.2, 0.25) is 0 Å². The highest BCUT2D eigenvalue weighted by Crippen LogP contribution is 2.29. The first-order valence-electron chi connectivity index (χ1n) is 8.73. The van der Waals surface area contributed by atoms with Crippen LogP contribution in [-0.4, -0.2) is 38.4 Å². The molecule has 0 aromatic heterocycles. The topological polar surface area (TPSA) is 73.8 Å². The Hall–Kier alpha value is -2.73. The van der Waals surface area contributed by atoms with Crippen LogP contribution in [0.5, 0.6) is 5.75 Å². The van der Waals surface area contributed by atoms with Gasteiger partial charge in [-0.3, -0.25) is 0 Å². The van der Waals surface area contributed by atoms with Gasteiger partial charge in [-0.25, -0.2) is 4.79 Å². The molecule has 1 aliphatic heterocycles. The lowest BCUT2D eigenvalue weighted by Gasteiger charge is -2.16. The normalized spacial score (nSPS) is 13.9. The smallest absolute Gasteiger partial charge is 0.315 e. The summed E-state index contributed by atoms with van der Waals surface area (Å²) in [6.07, 6.45) is 0.264. The van der Waals surface area contributed by atoms with E-state index in [1.165, 1.54) is 11.3 Å². The molecule has 1 unspecified atom stereocenters. The zero-order chi connectivity index (χ0) is 18.5. The van der Waals surface area contributed by atoms with Crippen molar-refractivity contribution in [2.45, 2.75) is 19.1 Å². The minimum Gasteiger partial charge on any atom is -0.497 e. The summed E-state index contributed by atoms with van der Waals surface area (Å²) in [5.74, 6) is 0.780. The molecule has 0 aliphatic carbocycles. The number of urea groups is 1. The molecule has 2 aromatic rings. The highest BCUT2D eigenvalue weighted by molar-refractivity contribution is 5.73. The van der Waals surface area contributed by atoms with Crippen LogP contribution in [0.3, 0.4) is 0 Å². The number of carbonyl (C=O) groups excluding carboxylic acids is 1. The Kier molecular flexibility index (Phi) is 5.63. The number of carbonyl (C=O) groups is 1. The van der Waals surface area contributed by atoms with Crippen molar-refractivity contribution in [2.75, 3.05) is 32.1 Å². The van der Waals surface area contributed by atoms with Crippen molar-refractivity contribution in [3.63, 3.8) is 0 Å². The summed E-state index contributed by atoms with van der Waals surface area (Å²) < 4.78 is 5.11. The maximum atomic E-state index is 11.9. The van der Waals surface area contributed by atoms with Gasteiger partial charge in [-0.05, 0) is 41.3 Å². The summed E-state index contributed by atoms with van der Waals surface area (Å²) in [6, 6.07) is 13.2. The van der Waals surface area contributed by atoms with Gasteiger partial charge in [-0.1, -0.05) is 24.3 Å². The van der Waals surface area contributed by atoms with Crippen molar-refractivity contribution < 1.29 is 14.6 Å². The second-order valence-corrected chi connectivity index (χ2v) is 6.49. The molecule has 0 bridgehead atoms. The van der Waals surface area contributed by atoms with Crippen molar-refractivity contribution in [1.82, 2.24) is 10.6 Å². The molecule has 0 saturated carbocycles. The highest BCUT2D eigenvalue weighted by atomic mass is 16.5. The lowest BCUT2D eigenvalue weighted by atomic mass is 10.0. The molecule has 6 nitrogen and oxygen atoms in total. The van der Waals surface area contributed by atoms with Crippen molar-refractivity contribution in [3.05, 3.63) is 59.2 Å². The summed E-state index contributed by atoms with van der Waals surface area (Å²) >= 11 is 0. The number of likely N-dealkylation sites (N-methyl/N-ethyl adjacent to an activating group) is 1. The fraction of sp³-hybridized carbons (Fsp3) is 0.350. The zero-order valence-electron chi connectivity index (χ0n) is 15.2. The van der Waals surface area contributed by atoms with Crippen molar-refractivity contribution in [1.29, 1.82) is 0 Å². The lowest BCUT2D eigenvalue weighted by Crippen LogP contribution is -2.37. The van der Waals surface area contributed by atoms with Gasteiger partial charge in [0.15, 0.2) is 0 Å². The number of anilines is 1. The molecule has 26 heavy (non-hydrogen) atoms. The van der Waals surface area contributed by atoms with E-state index >= 15 is 0 Å². The van der Waals surface area contributed by atoms with Crippen LogP contribution >= 0.6 is 0 Å². The van der Waals surface area contributed by atoms with Gasteiger partial charge < -0.3 is 25.4 Å². The van der Waals surface area contributed by atoms with Crippen LogP contribution < -0.4 is 20.3 Å². The van der Waals surface area contributed by atoms with E-state index in [-0.39, 0.29) is 12.6 Å². The third-order valence-electron chi connectivity index (χ3n) is 4.68. The molecule has 6 heteroatoms. The molecule has 1 heterocycles. The van der Waals surface area contributed by atoms with E-state index in [1.54, 1.807) is 7.11 Å². The Morgan fingerprint density at radius 3 is 2.73 bits per heavy atom. The van der Waals surface area contributed by atoms with Crippen molar-refractivity contribution in [3.8, 4) is 5.75 Å². The number of methoxy groups -OCH3 is 1. The van der Waals surface area contributed by atoms with Gasteiger partial charge in [-0.15, -0.1) is 0 Å². The van der Waals surface area contributed by atoms with Gasteiger partial charge >= 0.3 is 6.03 Å². The molecule has 0 spiro atoms. The predicted molar refractivity (Wildman–Crippen MR) is 102 cm³/mol. The van der Waals surface area contributed by atoms with E-state index in [4.69, 9.17) is 4.74 Å². The average molecular weight is 355 g/mol. The molecule has 3 N–H and O–H groups in total. The number of amides is 2. The molecular formula is C20H25N3O3. The number of aliphatic hydroxyl groups excluding tert-OH is 1. The summed E-state index contributed by atoms with van der Waals surface area (Å²) in [7, 11) is 3.68. The van der Waals surface area contributed by atoms with Crippen LogP contribution in [0.4, 0.5) is 10.5 Å². The summed E-state index contributed by atoms with van der Waals surface area (Å²) in [4.78, 5) is 14.1. The number of hydrogen-bond donors (Lipinski definition) is 3. The van der Waals surface area contributed by atoms with E-state index in [9.17, 15) is 9.90 Å². The number of rotatable bonds is 6. The first-order valence-corrected chi connectivity index (χ1v) is 8.73. The first-order chi connectivity index (χ1) is 12.6. The summed E-state index contributed by atoms with van der Waals surface area (Å²) in [5, 5.41) is 15.8. The van der Waals surface area contributed by atoms with E-state index in [2.05, 4.69) is 22.6 Å². The van der Waals surface area contributed by atoms with Crippen molar-refractivity contribution in [2.24, 2.45) is 0 Å². The number of nitrogens with one attached hydrogen (secondary N) is 2. The fourth-order valence-electron chi connectivity index (χ4n) is 3.09. The number of fused-ring (bicyclic) bond motifs is 1.